The second-order valence-corrected chi connectivity index (χ2v) is 4.27. The Bertz CT molecular complexity index is 334. The Labute approximate surface area is 111 Å². The van der Waals surface area contributed by atoms with Crippen LogP contribution in [-0.2, 0) is 14.4 Å². The molecule has 2 amide bonds. The number of amides is 2. The highest BCUT2D eigenvalue weighted by molar-refractivity contribution is 5.91. The maximum absolute atomic E-state index is 11.8. The van der Waals surface area contributed by atoms with Crippen LogP contribution in [0.2, 0.25) is 0 Å². The predicted molar refractivity (Wildman–Crippen MR) is 67.1 cm³/mol. The fourth-order valence-corrected chi connectivity index (χ4v) is 1.32. The molecule has 0 aliphatic rings. The fraction of sp³-hybridized carbons (Fsp3) is 0.727. The number of nitrogens with two attached hydrogens (primary N) is 1. The van der Waals surface area contributed by atoms with Gasteiger partial charge in [-0.15, -0.1) is 0 Å². The van der Waals surface area contributed by atoms with E-state index in [0.29, 0.717) is 6.42 Å². The zero-order chi connectivity index (χ0) is 15.0. The molecule has 110 valence electrons. The number of aliphatic carboxylic acids is 1. The summed E-state index contributed by atoms with van der Waals surface area (Å²) in [5.41, 5.74) is 5.34. The summed E-state index contributed by atoms with van der Waals surface area (Å²) >= 11 is 0. The highest BCUT2D eigenvalue weighted by Gasteiger charge is 2.27. The first kappa shape index (κ1) is 17.3. The third-order valence-electron chi connectivity index (χ3n) is 2.74. The van der Waals surface area contributed by atoms with E-state index in [9.17, 15) is 14.4 Å². The monoisotopic (exact) mass is 275 g/mol. The lowest BCUT2D eigenvalue weighted by Gasteiger charge is -2.24. The van der Waals surface area contributed by atoms with Crippen LogP contribution in [0.15, 0.2) is 0 Å². The van der Waals surface area contributed by atoms with E-state index in [4.69, 9.17) is 15.9 Å². The highest BCUT2D eigenvalue weighted by Crippen LogP contribution is 2.08. The molecule has 8 nitrogen and oxygen atoms in total. The zero-order valence-electron chi connectivity index (χ0n) is 11.0. The van der Waals surface area contributed by atoms with Crippen molar-refractivity contribution in [3.8, 4) is 0 Å². The van der Waals surface area contributed by atoms with Gasteiger partial charge < -0.3 is 26.6 Å². The molecule has 0 radical (unpaired) electrons. The van der Waals surface area contributed by atoms with Crippen molar-refractivity contribution in [1.82, 2.24) is 10.6 Å². The number of nitrogens with one attached hydrogen (secondary N) is 2. The minimum Gasteiger partial charge on any atom is -0.480 e. The van der Waals surface area contributed by atoms with Gasteiger partial charge in [0.2, 0.25) is 11.8 Å². The molecule has 0 aliphatic carbocycles. The summed E-state index contributed by atoms with van der Waals surface area (Å²) in [6.07, 6.45) is 0.611. The summed E-state index contributed by atoms with van der Waals surface area (Å²) in [7, 11) is 0. The van der Waals surface area contributed by atoms with Crippen molar-refractivity contribution in [2.24, 2.45) is 11.7 Å². The second kappa shape index (κ2) is 8.44. The van der Waals surface area contributed by atoms with Crippen molar-refractivity contribution in [2.45, 2.75) is 32.4 Å². The molecule has 0 aromatic heterocycles. The average Bonchev–Trinajstić information content (AvgIpc) is 2.39. The lowest BCUT2D eigenvalue weighted by molar-refractivity contribution is -0.138. The number of aliphatic hydroxyl groups is 1. The van der Waals surface area contributed by atoms with Crippen LogP contribution in [0.3, 0.4) is 0 Å². The van der Waals surface area contributed by atoms with E-state index in [1.165, 1.54) is 0 Å². The number of aliphatic hydroxyl groups excluding tert-OH is 1. The van der Waals surface area contributed by atoms with Crippen molar-refractivity contribution in [2.75, 3.05) is 13.2 Å². The standard InChI is InChI=1S/C11H21N3O5/c1-3-6(2)9(11(19)13-4-8(16)17)14-10(18)7(12)5-15/h6-7,9,15H,3-5,12H2,1-2H3,(H,13,19)(H,14,18)(H,16,17)/t6-,7-,9-/m0/s1. The molecular weight excluding hydrogens is 254 g/mol. The van der Waals surface area contributed by atoms with E-state index in [2.05, 4.69) is 10.6 Å². The maximum Gasteiger partial charge on any atom is 0.322 e. The summed E-state index contributed by atoms with van der Waals surface area (Å²) in [5.74, 6) is -2.60. The van der Waals surface area contributed by atoms with E-state index in [1.54, 1.807) is 6.92 Å². The number of carbonyl (C=O) groups excluding carboxylic acids is 2. The molecule has 0 unspecified atom stereocenters. The van der Waals surface area contributed by atoms with Gasteiger partial charge in [0.1, 0.15) is 18.6 Å². The van der Waals surface area contributed by atoms with Crippen LogP contribution < -0.4 is 16.4 Å². The van der Waals surface area contributed by atoms with Crippen LogP contribution in [0.4, 0.5) is 0 Å². The van der Waals surface area contributed by atoms with Gasteiger partial charge in [-0.1, -0.05) is 20.3 Å². The van der Waals surface area contributed by atoms with Gasteiger partial charge in [0.05, 0.1) is 6.61 Å². The summed E-state index contributed by atoms with van der Waals surface area (Å²) in [6, 6.07) is -1.99. The second-order valence-electron chi connectivity index (χ2n) is 4.27. The van der Waals surface area contributed by atoms with Crippen molar-refractivity contribution in [3.05, 3.63) is 0 Å². The number of hydrogen-bond donors (Lipinski definition) is 5. The molecule has 0 fully saturated rings. The van der Waals surface area contributed by atoms with Gasteiger partial charge in [-0.05, 0) is 5.92 Å². The van der Waals surface area contributed by atoms with Gasteiger partial charge in [0, 0.05) is 0 Å². The average molecular weight is 275 g/mol. The Balaban J connectivity index is 4.67. The van der Waals surface area contributed by atoms with Crippen LogP contribution in [-0.4, -0.2) is 53.2 Å². The fourth-order valence-electron chi connectivity index (χ4n) is 1.32. The van der Waals surface area contributed by atoms with E-state index in [1.807, 2.05) is 6.92 Å². The zero-order valence-corrected chi connectivity index (χ0v) is 11.0. The summed E-state index contributed by atoms with van der Waals surface area (Å²) in [5, 5.41) is 21.9. The van der Waals surface area contributed by atoms with Crippen molar-refractivity contribution < 1.29 is 24.6 Å². The number of carbonyl (C=O) groups is 3. The molecule has 0 saturated carbocycles. The maximum atomic E-state index is 11.8. The SMILES string of the molecule is CC[C@H](C)[C@H](NC(=O)[C@@H](N)CO)C(=O)NCC(=O)O. The topological polar surface area (TPSA) is 142 Å². The van der Waals surface area contributed by atoms with E-state index in [-0.39, 0.29) is 5.92 Å². The Morgan fingerprint density at radius 1 is 1.26 bits per heavy atom. The molecular formula is C11H21N3O5. The van der Waals surface area contributed by atoms with E-state index >= 15 is 0 Å². The first-order valence-electron chi connectivity index (χ1n) is 5.99. The van der Waals surface area contributed by atoms with Gasteiger partial charge in [0.25, 0.3) is 0 Å². The molecule has 0 heterocycles. The van der Waals surface area contributed by atoms with Gasteiger partial charge in [-0.25, -0.2) is 0 Å². The first-order valence-corrected chi connectivity index (χ1v) is 5.99. The molecule has 6 N–H and O–H groups in total. The molecule has 8 heteroatoms. The molecule has 0 aromatic rings. The minimum absolute atomic E-state index is 0.191. The largest absolute Gasteiger partial charge is 0.480 e. The molecule has 0 aliphatic heterocycles. The predicted octanol–water partition coefficient (Wildman–Crippen LogP) is -1.96. The van der Waals surface area contributed by atoms with Crippen molar-refractivity contribution >= 4 is 17.8 Å². The van der Waals surface area contributed by atoms with Crippen LogP contribution >= 0.6 is 0 Å². The highest BCUT2D eigenvalue weighted by atomic mass is 16.4. The Kier molecular flexibility index (Phi) is 7.69. The Morgan fingerprint density at radius 3 is 2.26 bits per heavy atom. The third-order valence-corrected chi connectivity index (χ3v) is 2.74. The Hall–Kier alpha value is -1.67. The van der Waals surface area contributed by atoms with E-state index < -0.39 is 43.0 Å². The summed E-state index contributed by atoms with van der Waals surface area (Å²) in [6.45, 7) is 2.53. The first-order chi connectivity index (χ1) is 8.83. The van der Waals surface area contributed by atoms with Crippen LogP contribution in [0.25, 0.3) is 0 Å². The van der Waals surface area contributed by atoms with Gasteiger partial charge in [-0.2, -0.15) is 0 Å². The normalized spacial score (nSPS) is 15.2. The van der Waals surface area contributed by atoms with E-state index in [0.717, 1.165) is 0 Å². The van der Waals surface area contributed by atoms with Gasteiger partial charge >= 0.3 is 5.97 Å². The molecule has 0 bridgehead atoms. The Morgan fingerprint density at radius 2 is 1.84 bits per heavy atom. The summed E-state index contributed by atoms with van der Waals surface area (Å²) in [4.78, 5) is 33.7. The molecule has 0 rings (SSSR count). The van der Waals surface area contributed by atoms with Crippen LogP contribution in [0.1, 0.15) is 20.3 Å². The van der Waals surface area contributed by atoms with Crippen molar-refractivity contribution in [3.63, 3.8) is 0 Å². The smallest absolute Gasteiger partial charge is 0.322 e. The van der Waals surface area contributed by atoms with Gasteiger partial charge in [-0.3, -0.25) is 14.4 Å². The van der Waals surface area contributed by atoms with Crippen molar-refractivity contribution in [1.29, 1.82) is 0 Å². The van der Waals surface area contributed by atoms with Crippen LogP contribution in [0, 0.1) is 5.92 Å². The molecule has 0 saturated heterocycles. The number of hydrogen-bond acceptors (Lipinski definition) is 5. The molecule has 3 atom stereocenters. The summed E-state index contributed by atoms with van der Waals surface area (Å²) < 4.78 is 0. The number of carboxylic acid groups (broad SMARTS) is 1. The molecule has 0 aromatic carbocycles. The lowest BCUT2D eigenvalue weighted by atomic mass is 9.98. The molecule has 19 heavy (non-hydrogen) atoms. The third kappa shape index (κ3) is 6.16. The quantitative estimate of drug-likeness (QED) is 0.348. The minimum atomic E-state index is -1.17. The molecule has 0 spiro atoms. The van der Waals surface area contributed by atoms with Gasteiger partial charge in [0.15, 0.2) is 0 Å². The number of carboxylic acids is 1. The number of rotatable bonds is 8. The van der Waals surface area contributed by atoms with Crippen LogP contribution in [0.5, 0.6) is 0 Å². The lowest BCUT2D eigenvalue weighted by Crippen LogP contribution is -2.55.